The van der Waals surface area contributed by atoms with Gasteiger partial charge in [0.05, 0.1) is 27.8 Å². The van der Waals surface area contributed by atoms with Crippen LogP contribution in [-0.4, -0.2) is 32.2 Å². The van der Waals surface area contributed by atoms with Crippen molar-refractivity contribution in [1.82, 2.24) is 0 Å². The second kappa shape index (κ2) is 6.31. The lowest BCUT2D eigenvalue weighted by Crippen LogP contribution is -2.21. The maximum atomic E-state index is 12.5. The molecule has 0 unspecified atom stereocenters. The molecule has 0 fully saturated rings. The summed E-state index contributed by atoms with van der Waals surface area (Å²) >= 11 is 0. The van der Waals surface area contributed by atoms with E-state index in [0.29, 0.717) is 22.8 Å². The zero-order chi connectivity index (χ0) is 17.3. The van der Waals surface area contributed by atoms with Gasteiger partial charge in [0, 0.05) is 17.7 Å². The number of carbonyl (C=O) groups excluding carboxylic acids is 1. The van der Waals surface area contributed by atoms with Crippen LogP contribution in [0.2, 0.25) is 0 Å². The molecule has 1 N–H and O–H groups in total. The molecule has 24 heavy (non-hydrogen) atoms. The quantitative estimate of drug-likeness (QED) is 0.928. The maximum absolute atomic E-state index is 12.5. The third-order valence-corrected chi connectivity index (χ3v) is 3.99. The lowest BCUT2D eigenvalue weighted by Gasteiger charge is -2.27. The van der Waals surface area contributed by atoms with E-state index >= 15 is 0 Å². The van der Waals surface area contributed by atoms with Gasteiger partial charge in [0.2, 0.25) is 0 Å². The molecule has 0 aromatic heterocycles. The minimum atomic E-state index is -0.540. The molecule has 1 aliphatic heterocycles. The number of ether oxygens (including phenoxy) is 4. The second-order valence-electron chi connectivity index (χ2n) is 5.34. The van der Waals surface area contributed by atoms with Gasteiger partial charge in [0.15, 0.2) is 17.3 Å². The number of rotatable bonds is 4. The van der Waals surface area contributed by atoms with Gasteiger partial charge in [-0.3, -0.25) is 4.79 Å². The molecular formula is C18H18O6. The van der Waals surface area contributed by atoms with Crippen LogP contribution in [0.25, 0.3) is 0 Å². The van der Waals surface area contributed by atoms with Crippen molar-refractivity contribution in [2.75, 3.05) is 21.3 Å². The summed E-state index contributed by atoms with van der Waals surface area (Å²) in [4.78, 5) is 12.5. The molecule has 0 saturated carbocycles. The highest BCUT2D eigenvalue weighted by atomic mass is 16.5. The van der Waals surface area contributed by atoms with Crippen molar-refractivity contribution in [2.45, 2.75) is 12.5 Å². The molecular weight excluding hydrogens is 312 g/mol. The molecule has 1 aliphatic rings. The van der Waals surface area contributed by atoms with E-state index in [4.69, 9.17) is 18.9 Å². The Morgan fingerprint density at radius 3 is 2.58 bits per heavy atom. The minimum absolute atomic E-state index is 0.0937. The summed E-state index contributed by atoms with van der Waals surface area (Å²) < 4.78 is 21.8. The fourth-order valence-electron chi connectivity index (χ4n) is 2.87. The molecule has 126 valence electrons. The lowest BCUT2D eigenvalue weighted by molar-refractivity contribution is 0.0841. The highest BCUT2D eigenvalue weighted by molar-refractivity contribution is 6.02. The molecule has 1 heterocycles. The summed E-state index contributed by atoms with van der Waals surface area (Å²) in [6, 6.07) is 8.39. The molecule has 0 aliphatic carbocycles. The third kappa shape index (κ3) is 2.60. The number of hydrogen-bond acceptors (Lipinski definition) is 6. The van der Waals surface area contributed by atoms with Gasteiger partial charge in [-0.2, -0.15) is 0 Å². The van der Waals surface area contributed by atoms with E-state index in [2.05, 4.69) is 0 Å². The molecule has 6 nitrogen and oxygen atoms in total. The number of methoxy groups -OCH3 is 3. The van der Waals surface area contributed by atoms with Gasteiger partial charge in [-0.05, 0) is 6.07 Å². The Bertz CT molecular complexity index is 783. The van der Waals surface area contributed by atoms with Crippen LogP contribution in [0, 0.1) is 0 Å². The number of Topliss-reactive ketones (excluding diaryl/α,β-unsaturated/α-hetero) is 1. The number of ketones is 1. The Labute approximate surface area is 139 Å². The fraction of sp³-hybridized carbons (Fsp3) is 0.278. The van der Waals surface area contributed by atoms with Gasteiger partial charge >= 0.3 is 0 Å². The molecule has 1 atom stereocenters. The zero-order valence-corrected chi connectivity index (χ0v) is 13.7. The summed E-state index contributed by atoms with van der Waals surface area (Å²) in [7, 11) is 4.57. The fourth-order valence-corrected chi connectivity index (χ4v) is 2.87. The van der Waals surface area contributed by atoms with E-state index in [9.17, 15) is 9.90 Å². The number of para-hydroxylation sites is 1. The predicted octanol–water partition coefficient (Wildman–Crippen LogP) is 3.12. The third-order valence-electron chi connectivity index (χ3n) is 3.99. The molecule has 0 saturated heterocycles. The minimum Gasteiger partial charge on any atom is -0.507 e. The molecule has 0 amide bonds. The Hall–Kier alpha value is -2.89. The Morgan fingerprint density at radius 2 is 1.92 bits per heavy atom. The van der Waals surface area contributed by atoms with Gasteiger partial charge in [-0.1, -0.05) is 12.1 Å². The summed E-state index contributed by atoms with van der Waals surface area (Å²) in [5.41, 5.74) is 0.882. The van der Waals surface area contributed by atoms with Gasteiger partial charge in [-0.15, -0.1) is 0 Å². The van der Waals surface area contributed by atoms with Crippen LogP contribution in [0.4, 0.5) is 0 Å². The monoisotopic (exact) mass is 330 g/mol. The summed E-state index contributed by atoms with van der Waals surface area (Å²) in [5.74, 6) is 1.44. The van der Waals surface area contributed by atoms with Crippen molar-refractivity contribution in [3.63, 3.8) is 0 Å². The molecule has 0 bridgehead atoms. The van der Waals surface area contributed by atoms with Crippen LogP contribution in [0.1, 0.15) is 28.4 Å². The first-order valence-electron chi connectivity index (χ1n) is 7.40. The van der Waals surface area contributed by atoms with Crippen LogP contribution in [0.3, 0.4) is 0 Å². The predicted molar refractivity (Wildman–Crippen MR) is 86.5 cm³/mol. The number of hydrogen-bond donors (Lipinski definition) is 1. The number of phenols is 1. The standard InChI is InChI=1S/C18H18O6/c1-21-10-7-12(19)17-13(20)9-15(24-16(17)8-10)11-5-4-6-14(22-2)18(11)23-3/h4-8,15,19H,9H2,1-3H3/t15-/m1/s1. The number of carbonyl (C=O) groups is 1. The molecule has 0 radical (unpaired) electrons. The van der Waals surface area contributed by atoms with Crippen molar-refractivity contribution in [3.05, 3.63) is 41.5 Å². The van der Waals surface area contributed by atoms with Crippen molar-refractivity contribution < 1.29 is 28.8 Å². The van der Waals surface area contributed by atoms with Gasteiger partial charge in [0.25, 0.3) is 0 Å². The SMILES string of the molecule is COc1cc(O)c2c(c1)O[C@@H](c1cccc(OC)c1OC)CC2=O. The molecule has 0 spiro atoms. The number of benzene rings is 2. The van der Waals surface area contributed by atoms with Crippen LogP contribution < -0.4 is 18.9 Å². The van der Waals surface area contributed by atoms with E-state index < -0.39 is 6.10 Å². The highest BCUT2D eigenvalue weighted by Crippen LogP contribution is 2.45. The maximum Gasteiger partial charge on any atom is 0.174 e. The Kier molecular flexibility index (Phi) is 4.20. The number of aromatic hydroxyl groups is 1. The first kappa shape index (κ1) is 16.0. The Morgan fingerprint density at radius 1 is 1.12 bits per heavy atom. The smallest absolute Gasteiger partial charge is 0.174 e. The largest absolute Gasteiger partial charge is 0.507 e. The van der Waals surface area contributed by atoms with E-state index in [0.717, 1.165) is 0 Å². The van der Waals surface area contributed by atoms with Crippen LogP contribution in [0.5, 0.6) is 28.7 Å². The summed E-state index contributed by atoms with van der Waals surface area (Å²) in [6.45, 7) is 0. The van der Waals surface area contributed by atoms with Crippen molar-refractivity contribution >= 4 is 5.78 Å². The van der Waals surface area contributed by atoms with Gasteiger partial charge in [-0.25, -0.2) is 0 Å². The van der Waals surface area contributed by atoms with Crippen molar-refractivity contribution in [3.8, 4) is 28.7 Å². The average molecular weight is 330 g/mol. The van der Waals surface area contributed by atoms with E-state index in [1.165, 1.54) is 20.3 Å². The Balaban J connectivity index is 2.05. The van der Waals surface area contributed by atoms with E-state index in [1.54, 1.807) is 19.2 Å². The first-order chi connectivity index (χ1) is 11.6. The topological polar surface area (TPSA) is 74.2 Å². The van der Waals surface area contributed by atoms with Crippen molar-refractivity contribution in [2.24, 2.45) is 0 Å². The second-order valence-corrected chi connectivity index (χ2v) is 5.34. The normalized spacial score (nSPS) is 16.1. The zero-order valence-electron chi connectivity index (χ0n) is 13.7. The van der Waals surface area contributed by atoms with Crippen molar-refractivity contribution in [1.29, 1.82) is 0 Å². The first-order valence-corrected chi connectivity index (χ1v) is 7.40. The highest BCUT2D eigenvalue weighted by Gasteiger charge is 2.33. The summed E-state index contributed by atoms with van der Waals surface area (Å²) in [6.07, 6.45) is -0.447. The van der Waals surface area contributed by atoms with Crippen LogP contribution in [0.15, 0.2) is 30.3 Å². The molecule has 2 aromatic rings. The summed E-state index contributed by atoms with van der Waals surface area (Å²) in [5, 5.41) is 10.1. The number of phenolic OH excluding ortho intramolecular Hbond substituents is 1. The van der Waals surface area contributed by atoms with Gasteiger partial charge < -0.3 is 24.1 Å². The van der Waals surface area contributed by atoms with Crippen LogP contribution >= 0.6 is 0 Å². The van der Waals surface area contributed by atoms with E-state index in [-0.39, 0.29) is 29.3 Å². The lowest BCUT2D eigenvalue weighted by atomic mass is 9.94. The molecule has 6 heteroatoms. The van der Waals surface area contributed by atoms with Gasteiger partial charge in [0.1, 0.15) is 28.9 Å². The number of fused-ring (bicyclic) bond motifs is 1. The van der Waals surface area contributed by atoms with E-state index in [1.807, 2.05) is 12.1 Å². The molecule has 3 rings (SSSR count). The van der Waals surface area contributed by atoms with Crippen LogP contribution in [-0.2, 0) is 0 Å². The molecule has 2 aromatic carbocycles. The average Bonchev–Trinajstić information content (AvgIpc) is 2.59.